The molecule has 0 fully saturated rings. The van der Waals surface area contributed by atoms with E-state index in [-0.39, 0.29) is 12.5 Å². The SMILES string of the molecule is CC(C)N(CC[C@H](c1ccccc1)c1cc(CO)ccc1OCc1ccccc1)C(C)C.O=C(O)/C=C\C(=O)O. The lowest BCUT2D eigenvalue weighted by Crippen LogP contribution is -2.38. The molecule has 214 valence electrons. The van der Waals surface area contributed by atoms with Crippen LogP contribution in [0.5, 0.6) is 5.75 Å². The average Bonchev–Trinajstić information content (AvgIpc) is 2.94. The highest BCUT2D eigenvalue weighted by atomic mass is 16.5. The number of rotatable bonds is 13. The van der Waals surface area contributed by atoms with Crippen molar-refractivity contribution in [2.75, 3.05) is 6.54 Å². The number of carbonyl (C=O) groups is 2. The van der Waals surface area contributed by atoms with Crippen LogP contribution in [0.4, 0.5) is 0 Å². The number of aliphatic hydroxyl groups is 1. The molecule has 40 heavy (non-hydrogen) atoms. The van der Waals surface area contributed by atoms with Crippen LogP contribution in [0.2, 0.25) is 0 Å². The number of carboxylic acid groups (broad SMARTS) is 2. The molecule has 0 spiro atoms. The first-order valence-electron chi connectivity index (χ1n) is 13.5. The van der Waals surface area contributed by atoms with Gasteiger partial charge in [-0.25, -0.2) is 9.59 Å². The zero-order chi connectivity index (χ0) is 29.5. The number of aliphatic carboxylic acids is 2. The van der Waals surface area contributed by atoms with Crippen LogP contribution in [-0.4, -0.2) is 50.8 Å². The highest BCUT2D eigenvalue weighted by Crippen LogP contribution is 2.36. The second kappa shape index (κ2) is 16.9. The molecular weight excluding hydrogens is 506 g/mol. The van der Waals surface area contributed by atoms with Gasteiger partial charge >= 0.3 is 11.9 Å². The summed E-state index contributed by atoms with van der Waals surface area (Å²) in [7, 11) is 0. The fraction of sp³-hybridized carbons (Fsp3) is 0.333. The smallest absolute Gasteiger partial charge is 0.328 e. The summed E-state index contributed by atoms with van der Waals surface area (Å²) in [6.07, 6.45) is 2.10. The zero-order valence-electron chi connectivity index (χ0n) is 23.7. The van der Waals surface area contributed by atoms with E-state index >= 15 is 0 Å². The quantitative estimate of drug-likeness (QED) is 0.222. The summed E-state index contributed by atoms with van der Waals surface area (Å²) in [6.45, 7) is 10.6. The predicted molar refractivity (Wildman–Crippen MR) is 157 cm³/mol. The van der Waals surface area contributed by atoms with E-state index in [0.29, 0.717) is 30.8 Å². The predicted octanol–water partition coefficient (Wildman–Crippen LogP) is 6.11. The van der Waals surface area contributed by atoms with Crippen molar-refractivity contribution in [2.24, 2.45) is 0 Å². The minimum absolute atomic E-state index is 0.0254. The molecule has 3 aromatic rings. The van der Waals surface area contributed by atoms with E-state index in [1.54, 1.807) is 0 Å². The van der Waals surface area contributed by atoms with Gasteiger partial charge in [0.1, 0.15) is 12.4 Å². The molecule has 0 saturated carbocycles. The molecule has 0 aliphatic rings. The third-order valence-corrected chi connectivity index (χ3v) is 6.44. The highest BCUT2D eigenvalue weighted by Gasteiger charge is 2.22. The highest BCUT2D eigenvalue weighted by molar-refractivity contribution is 5.89. The van der Waals surface area contributed by atoms with Gasteiger partial charge in [-0.3, -0.25) is 4.90 Å². The van der Waals surface area contributed by atoms with Crippen LogP contribution >= 0.6 is 0 Å². The first-order valence-corrected chi connectivity index (χ1v) is 13.5. The van der Waals surface area contributed by atoms with Crippen molar-refractivity contribution in [2.45, 2.75) is 65.3 Å². The normalized spacial score (nSPS) is 11.9. The molecule has 0 radical (unpaired) electrons. The van der Waals surface area contributed by atoms with Crippen LogP contribution in [0.25, 0.3) is 0 Å². The van der Waals surface area contributed by atoms with Gasteiger partial charge in [0, 0.05) is 35.7 Å². The molecule has 0 heterocycles. The lowest BCUT2D eigenvalue weighted by Gasteiger charge is -2.32. The molecule has 3 rings (SSSR count). The Kier molecular flexibility index (Phi) is 13.6. The molecule has 1 atom stereocenters. The Morgan fingerprint density at radius 3 is 1.85 bits per heavy atom. The van der Waals surface area contributed by atoms with E-state index in [2.05, 4.69) is 81.1 Å². The summed E-state index contributed by atoms with van der Waals surface area (Å²) in [4.78, 5) is 21.6. The second-order valence-corrected chi connectivity index (χ2v) is 9.99. The van der Waals surface area contributed by atoms with Gasteiger partial charge in [-0.05, 0) is 69.5 Å². The van der Waals surface area contributed by atoms with Crippen LogP contribution in [-0.2, 0) is 22.8 Å². The monoisotopic (exact) mass is 547 g/mol. The number of benzene rings is 3. The molecule has 7 heteroatoms. The molecule has 7 nitrogen and oxygen atoms in total. The van der Waals surface area contributed by atoms with Crippen molar-refractivity contribution in [3.63, 3.8) is 0 Å². The van der Waals surface area contributed by atoms with Crippen molar-refractivity contribution in [1.82, 2.24) is 4.90 Å². The Morgan fingerprint density at radius 2 is 1.35 bits per heavy atom. The molecule has 0 bridgehead atoms. The maximum absolute atomic E-state index is 9.83. The van der Waals surface area contributed by atoms with Crippen LogP contribution in [0.1, 0.15) is 62.3 Å². The van der Waals surface area contributed by atoms with Crippen LogP contribution in [0, 0.1) is 0 Å². The van der Waals surface area contributed by atoms with Crippen LogP contribution < -0.4 is 4.74 Å². The summed E-state index contributed by atoms with van der Waals surface area (Å²) < 4.78 is 6.33. The Bertz CT molecular complexity index is 1180. The third-order valence-electron chi connectivity index (χ3n) is 6.44. The van der Waals surface area contributed by atoms with Gasteiger partial charge in [-0.2, -0.15) is 0 Å². The molecule has 0 aromatic heterocycles. The van der Waals surface area contributed by atoms with Gasteiger partial charge in [0.05, 0.1) is 6.61 Å². The third kappa shape index (κ3) is 11.0. The molecule has 0 amide bonds. The number of carboxylic acids is 2. The minimum atomic E-state index is -1.26. The molecule has 0 unspecified atom stereocenters. The van der Waals surface area contributed by atoms with Gasteiger partial charge in [0.25, 0.3) is 0 Å². The van der Waals surface area contributed by atoms with Crippen molar-refractivity contribution in [1.29, 1.82) is 0 Å². The Hall–Kier alpha value is -3.94. The zero-order valence-corrected chi connectivity index (χ0v) is 23.7. The molecule has 0 saturated heterocycles. The number of nitrogens with zero attached hydrogens (tertiary/aromatic N) is 1. The summed E-state index contributed by atoms with van der Waals surface area (Å²) >= 11 is 0. The molecule has 0 aliphatic carbocycles. The Balaban J connectivity index is 0.000000611. The summed E-state index contributed by atoms with van der Waals surface area (Å²) in [6, 6.07) is 28.0. The maximum atomic E-state index is 9.83. The van der Waals surface area contributed by atoms with E-state index in [9.17, 15) is 14.7 Å². The topological polar surface area (TPSA) is 107 Å². The lowest BCUT2D eigenvalue weighted by molar-refractivity contribution is -0.134. The van der Waals surface area contributed by atoms with Crippen molar-refractivity contribution in [3.8, 4) is 5.75 Å². The Morgan fingerprint density at radius 1 is 0.800 bits per heavy atom. The van der Waals surface area contributed by atoms with E-state index in [0.717, 1.165) is 35.4 Å². The summed E-state index contributed by atoms with van der Waals surface area (Å²) in [5, 5.41) is 25.5. The van der Waals surface area contributed by atoms with Gasteiger partial charge in [0.15, 0.2) is 0 Å². The fourth-order valence-corrected chi connectivity index (χ4v) is 4.56. The fourth-order valence-electron chi connectivity index (χ4n) is 4.56. The summed E-state index contributed by atoms with van der Waals surface area (Å²) in [5.41, 5.74) is 4.48. The number of aliphatic hydroxyl groups excluding tert-OH is 1. The van der Waals surface area contributed by atoms with Crippen LogP contribution in [0.3, 0.4) is 0 Å². The van der Waals surface area contributed by atoms with Crippen molar-refractivity contribution < 1.29 is 29.6 Å². The summed E-state index contributed by atoms with van der Waals surface area (Å²) in [5.74, 6) is -1.44. The van der Waals surface area contributed by atoms with E-state index in [1.807, 2.05) is 30.3 Å². The maximum Gasteiger partial charge on any atom is 0.328 e. The van der Waals surface area contributed by atoms with E-state index in [1.165, 1.54) is 5.56 Å². The van der Waals surface area contributed by atoms with Gasteiger partial charge in [-0.1, -0.05) is 66.7 Å². The average molecular weight is 548 g/mol. The first-order chi connectivity index (χ1) is 19.1. The van der Waals surface area contributed by atoms with Gasteiger partial charge in [0.2, 0.25) is 0 Å². The Labute approximate surface area is 237 Å². The van der Waals surface area contributed by atoms with Crippen LogP contribution in [0.15, 0.2) is 91.0 Å². The molecular formula is C33H41NO6. The molecule has 3 aromatic carbocycles. The van der Waals surface area contributed by atoms with Gasteiger partial charge < -0.3 is 20.1 Å². The van der Waals surface area contributed by atoms with Crippen molar-refractivity contribution >= 4 is 11.9 Å². The number of ether oxygens (including phenoxy) is 1. The minimum Gasteiger partial charge on any atom is -0.489 e. The standard InChI is InChI=1S/C29H37NO2.C4H4O4/c1-22(2)30(23(3)4)18-17-27(26-13-9-6-10-14-26)28-19-25(20-31)15-16-29(28)32-21-24-11-7-5-8-12-24;5-3(6)1-2-4(7)8/h5-16,19,22-23,27,31H,17-18,20-21H2,1-4H3;1-2H,(H,5,6)(H,7,8)/b;2-1-/t27-;/m1./s1. The number of hydrogen-bond acceptors (Lipinski definition) is 5. The van der Waals surface area contributed by atoms with Crippen molar-refractivity contribution in [3.05, 3.63) is 113 Å². The number of hydrogen-bond donors (Lipinski definition) is 3. The molecule has 3 N–H and O–H groups in total. The largest absolute Gasteiger partial charge is 0.489 e. The van der Waals surface area contributed by atoms with E-state index in [4.69, 9.17) is 14.9 Å². The first kappa shape index (κ1) is 32.3. The van der Waals surface area contributed by atoms with E-state index < -0.39 is 11.9 Å². The van der Waals surface area contributed by atoms with Gasteiger partial charge in [-0.15, -0.1) is 0 Å². The second-order valence-electron chi connectivity index (χ2n) is 9.99. The molecule has 0 aliphatic heterocycles. The lowest BCUT2D eigenvalue weighted by atomic mass is 9.86.